The average Bonchev–Trinajstić information content (AvgIpc) is 2.90. The molecule has 0 saturated carbocycles. The quantitative estimate of drug-likeness (QED) is 0.145. The molecule has 7 heteroatoms. The Morgan fingerprint density at radius 3 is 1.22 bits per heavy atom. The predicted octanol–water partition coefficient (Wildman–Crippen LogP) is 9.26. The molecule has 0 bridgehead atoms. The van der Waals surface area contributed by atoms with Crippen molar-refractivity contribution in [2.45, 2.75) is 130 Å². The molecule has 0 amide bonds. The van der Waals surface area contributed by atoms with E-state index in [1.807, 2.05) is 0 Å². The normalized spacial score (nSPS) is 13.1. The van der Waals surface area contributed by atoms with Gasteiger partial charge in [0, 0.05) is 0 Å². The van der Waals surface area contributed by atoms with Crippen LogP contribution in [0.15, 0.2) is 24.3 Å². The largest absolute Gasteiger partial charge is 0.507 e. The van der Waals surface area contributed by atoms with E-state index in [0.29, 0.717) is 47.7 Å². The van der Waals surface area contributed by atoms with E-state index in [1.54, 1.807) is 0 Å². The van der Waals surface area contributed by atoms with Crippen LogP contribution in [0.4, 0.5) is 0 Å². The van der Waals surface area contributed by atoms with E-state index >= 15 is 0 Å². The molecule has 45 heavy (non-hydrogen) atoms. The highest BCUT2D eigenvalue weighted by atomic mass is 32.3. The van der Waals surface area contributed by atoms with Crippen LogP contribution < -0.4 is 0 Å². The number of carbonyl (C=O) groups is 2. The summed E-state index contributed by atoms with van der Waals surface area (Å²) >= 11 is 0. The first-order valence-electron chi connectivity index (χ1n) is 16.6. The highest BCUT2D eigenvalue weighted by molar-refractivity contribution is 8.33. The van der Waals surface area contributed by atoms with E-state index in [9.17, 15) is 30.0 Å². The van der Waals surface area contributed by atoms with Crippen LogP contribution in [0.2, 0.25) is 0 Å². The van der Waals surface area contributed by atoms with Crippen molar-refractivity contribution in [1.82, 2.24) is 0 Å². The maximum atomic E-state index is 11.8. The Hall–Kier alpha value is -2.67. The Morgan fingerprint density at radius 2 is 0.956 bits per heavy atom. The van der Waals surface area contributed by atoms with E-state index in [-0.39, 0.29) is 23.7 Å². The molecule has 0 aromatic heterocycles. The van der Waals surface area contributed by atoms with Gasteiger partial charge in [-0.25, -0.2) is 10.0 Å². The number of hydrogen-bond donors (Lipinski definition) is 4. The fraction of sp³-hybridized carbons (Fsp3) is 0.632. The molecule has 0 heterocycles. The van der Waals surface area contributed by atoms with Gasteiger partial charge in [0.2, 0.25) is 0 Å². The van der Waals surface area contributed by atoms with Crippen molar-refractivity contribution in [2.24, 2.45) is 0 Å². The summed E-state index contributed by atoms with van der Waals surface area (Å²) in [6.45, 7) is 21.2. The standard InChI is InChI=1S/C38H60O6S/c1-25(2)29-21-27(35(43)31(23-29)37(5,6)7)13-11-17-45(19-15-33(39)40,20-16-34(41)42)18-12-14-28-22-30(26(3)4)24-32(36(28)44)38(8,9)10/h21-26,43-44H,11-20H2,1-10H3,(H,39,40)(H,41,42). The van der Waals surface area contributed by atoms with Crippen molar-refractivity contribution in [2.75, 3.05) is 23.0 Å². The molecule has 0 aliphatic heterocycles. The molecule has 0 saturated heterocycles. The molecule has 6 nitrogen and oxygen atoms in total. The van der Waals surface area contributed by atoms with Crippen LogP contribution >= 0.6 is 10.0 Å². The maximum Gasteiger partial charge on any atom is 0.304 e. The second kappa shape index (κ2) is 15.8. The summed E-state index contributed by atoms with van der Waals surface area (Å²) in [4.78, 5) is 23.5. The zero-order valence-corrected chi connectivity index (χ0v) is 30.4. The number of hydrogen-bond acceptors (Lipinski definition) is 4. The number of rotatable bonds is 16. The molecule has 0 fully saturated rings. The molecule has 0 aliphatic rings. The monoisotopic (exact) mass is 644 g/mol. The number of phenolic OH excluding ortho intramolecular Hbond substituents is 2. The number of aryl methyl sites for hydroxylation is 2. The number of carboxylic acids is 2. The molecule has 0 spiro atoms. The van der Waals surface area contributed by atoms with Crippen molar-refractivity contribution in [3.05, 3.63) is 57.6 Å². The van der Waals surface area contributed by atoms with E-state index in [2.05, 4.69) is 93.5 Å². The van der Waals surface area contributed by atoms with Gasteiger partial charge in [-0.2, -0.15) is 0 Å². The first-order valence-corrected chi connectivity index (χ1v) is 18.9. The molecule has 0 atom stereocenters. The lowest BCUT2D eigenvalue weighted by Gasteiger charge is -2.40. The average molecular weight is 645 g/mol. The maximum absolute atomic E-state index is 11.8. The number of phenols is 2. The summed E-state index contributed by atoms with van der Waals surface area (Å²) in [7, 11) is -1.61. The van der Waals surface area contributed by atoms with Gasteiger partial charge >= 0.3 is 11.9 Å². The van der Waals surface area contributed by atoms with Crippen molar-refractivity contribution >= 4 is 22.0 Å². The molecule has 2 aromatic carbocycles. The highest BCUT2D eigenvalue weighted by Crippen LogP contribution is 2.51. The number of aliphatic carboxylic acids is 2. The van der Waals surface area contributed by atoms with Gasteiger partial charge in [0.25, 0.3) is 0 Å². The second-order valence-corrected chi connectivity index (χ2v) is 19.6. The van der Waals surface area contributed by atoms with Gasteiger partial charge in [-0.1, -0.05) is 93.5 Å². The van der Waals surface area contributed by atoms with Crippen molar-refractivity contribution in [3.63, 3.8) is 0 Å². The highest BCUT2D eigenvalue weighted by Gasteiger charge is 2.28. The minimum atomic E-state index is -1.61. The van der Waals surface area contributed by atoms with Crippen LogP contribution in [-0.2, 0) is 33.3 Å². The van der Waals surface area contributed by atoms with Gasteiger partial charge < -0.3 is 20.4 Å². The number of benzene rings is 2. The third kappa shape index (κ3) is 11.3. The minimum Gasteiger partial charge on any atom is -0.507 e. The Labute approximate surface area is 274 Å². The topological polar surface area (TPSA) is 115 Å². The Kier molecular flexibility index (Phi) is 13.5. The van der Waals surface area contributed by atoms with E-state index in [1.165, 1.54) is 11.1 Å². The molecular formula is C38H60O6S. The van der Waals surface area contributed by atoms with Crippen LogP contribution in [0.1, 0.15) is 140 Å². The summed E-state index contributed by atoms with van der Waals surface area (Å²) in [5.74, 6) is 2.00. The van der Waals surface area contributed by atoms with Gasteiger partial charge in [0.15, 0.2) is 0 Å². The van der Waals surface area contributed by atoms with Gasteiger partial charge in [-0.15, -0.1) is 0 Å². The molecule has 254 valence electrons. The fourth-order valence-electron chi connectivity index (χ4n) is 5.99. The molecule has 0 unspecified atom stereocenters. The Morgan fingerprint density at radius 1 is 0.622 bits per heavy atom. The smallest absolute Gasteiger partial charge is 0.304 e. The van der Waals surface area contributed by atoms with Gasteiger partial charge in [0.1, 0.15) is 11.5 Å². The molecule has 0 aliphatic carbocycles. The molecule has 0 radical (unpaired) electrons. The van der Waals surface area contributed by atoms with Gasteiger partial charge in [0.05, 0.1) is 12.8 Å². The van der Waals surface area contributed by atoms with Crippen LogP contribution in [-0.4, -0.2) is 55.4 Å². The second-order valence-electron chi connectivity index (χ2n) is 15.5. The number of carboxylic acid groups (broad SMARTS) is 2. The lowest BCUT2D eigenvalue weighted by molar-refractivity contribution is -0.137. The molecule has 4 N–H and O–H groups in total. The zero-order valence-electron chi connectivity index (χ0n) is 29.5. The van der Waals surface area contributed by atoms with Crippen molar-refractivity contribution < 1.29 is 30.0 Å². The first kappa shape index (κ1) is 38.5. The van der Waals surface area contributed by atoms with Gasteiger partial charge in [-0.3, -0.25) is 9.59 Å². The zero-order chi connectivity index (χ0) is 34.3. The fourth-order valence-corrected chi connectivity index (χ4v) is 9.94. The lowest BCUT2D eigenvalue weighted by atomic mass is 9.82. The van der Waals surface area contributed by atoms with Gasteiger partial charge in [-0.05, 0) is 105 Å². The van der Waals surface area contributed by atoms with Crippen LogP contribution in [0.25, 0.3) is 0 Å². The summed E-state index contributed by atoms with van der Waals surface area (Å²) < 4.78 is 0. The van der Waals surface area contributed by atoms with E-state index in [0.717, 1.165) is 46.6 Å². The SMILES string of the molecule is CC(C)c1cc(CCCS(CCCc2cc(C(C)C)cc(C(C)(C)C)c2O)(CCC(=O)O)CCC(=O)O)c(O)c(C(C)(C)C)c1. The Bertz CT molecular complexity index is 1210. The van der Waals surface area contributed by atoms with Crippen molar-refractivity contribution in [1.29, 1.82) is 0 Å². The summed E-state index contributed by atoms with van der Waals surface area (Å²) in [6.07, 6.45) is 2.82. The number of aromatic hydroxyl groups is 2. The molecule has 2 rings (SSSR count). The van der Waals surface area contributed by atoms with Crippen LogP contribution in [0, 0.1) is 0 Å². The lowest BCUT2D eigenvalue weighted by Crippen LogP contribution is -2.22. The van der Waals surface area contributed by atoms with Crippen LogP contribution in [0.5, 0.6) is 11.5 Å². The summed E-state index contributed by atoms with van der Waals surface area (Å²) in [5.41, 5.74) is 5.60. The third-order valence-electron chi connectivity index (χ3n) is 8.92. The van der Waals surface area contributed by atoms with E-state index < -0.39 is 22.0 Å². The summed E-state index contributed by atoms with van der Waals surface area (Å²) in [5, 5.41) is 41.8. The Balaban J connectivity index is 2.41. The predicted molar refractivity (Wildman–Crippen MR) is 190 cm³/mol. The van der Waals surface area contributed by atoms with Crippen LogP contribution in [0.3, 0.4) is 0 Å². The molecular weight excluding hydrogens is 584 g/mol. The summed E-state index contributed by atoms with van der Waals surface area (Å²) in [6, 6.07) is 8.40. The van der Waals surface area contributed by atoms with E-state index in [4.69, 9.17) is 0 Å². The minimum absolute atomic E-state index is 0.0134. The third-order valence-corrected chi connectivity index (χ3v) is 13.4. The van der Waals surface area contributed by atoms with Crippen molar-refractivity contribution in [3.8, 4) is 11.5 Å². The molecule has 2 aromatic rings. The first-order chi connectivity index (χ1) is 20.7.